The molecular weight excluding hydrogens is 324 g/mol. The van der Waals surface area contributed by atoms with E-state index in [-0.39, 0.29) is 12.5 Å². The zero-order valence-electron chi connectivity index (χ0n) is 11.3. The lowest BCUT2D eigenvalue weighted by molar-refractivity contribution is 0.0123. The minimum Gasteiger partial charge on any atom is -0.394 e. The van der Waals surface area contributed by atoms with Crippen LogP contribution >= 0.6 is 15.9 Å². The van der Waals surface area contributed by atoms with E-state index in [0.29, 0.717) is 37.8 Å². The summed E-state index contributed by atoms with van der Waals surface area (Å²) in [6, 6.07) is 2.29. The molecule has 20 heavy (non-hydrogen) atoms. The third kappa shape index (κ3) is 2.77. The van der Waals surface area contributed by atoms with Gasteiger partial charge in [-0.15, -0.1) is 0 Å². The molecule has 0 bridgehead atoms. The van der Waals surface area contributed by atoms with Gasteiger partial charge in [0.05, 0.1) is 12.1 Å². The van der Waals surface area contributed by atoms with Gasteiger partial charge in [0.1, 0.15) is 5.69 Å². The Labute approximate surface area is 126 Å². The molecule has 0 unspecified atom stereocenters. The molecule has 2 aliphatic rings. The fourth-order valence-electron chi connectivity index (χ4n) is 2.67. The van der Waals surface area contributed by atoms with Crippen LogP contribution in [0.2, 0.25) is 0 Å². The van der Waals surface area contributed by atoms with E-state index in [1.165, 1.54) is 0 Å². The van der Waals surface area contributed by atoms with E-state index < -0.39 is 5.54 Å². The Morgan fingerprint density at radius 1 is 1.50 bits per heavy atom. The molecule has 6 heteroatoms. The SMILES string of the molecule is O=C(NC1(CO)CCOCC1)c1cc(Br)cn1C1CC1. The third-order valence-electron chi connectivity index (χ3n) is 4.12. The summed E-state index contributed by atoms with van der Waals surface area (Å²) < 4.78 is 8.26. The summed E-state index contributed by atoms with van der Waals surface area (Å²) in [5.41, 5.74) is 0.124. The van der Waals surface area contributed by atoms with Gasteiger partial charge in [0, 0.05) is 29.9 Å². The number of hydrogen-bond acceptors (Lipinski definition) is 3. The van der Waals surface area contributed by atoms with Crippen LogP contribution in [0.15, 0.2) is 16.7 Å². The molecule has 1 saturated carbocycles. The minimum absolute atomic E-state index is 0.0482. The molecule has 1 aromatic heterocycles. The number of hydrogen-bond donors (Lipinski definition) is 2. The Hall–Kier alpha value is -0.850. The second-order valence-electron chi connectivity index (χ2n) is 5.69. The smallest absolute Gasteiger partial charge is 0.268 e. The number of rotatable bonds is 4. The molecule has 2 fully saturated rings. The van der Waals surface area contributed by atoms with E-state index in [4.69, 9.17) is 4.74 Å². The van der Waals surface area contributed by atoms with Crippen molar-refractivity contribution in [2.75, 3.05) is 19.8 Å². The molecule has 5 nitrogen and oxygen atoms in total. The molecule has 1 aliphatic carbocycles. The number of aliphatic hydroxyl groups excluding tert-OH is 1. The van der Waals surface area contributed by atoms with Crippen molar-refractivity contribution in [2.24, 2.45) is 0 Å². The van der Waals surface area contributed by atoms with Crippen LogP contribution in [-0.4, -0.2) is 40.9 Å². The highest BCUT2D eigenvalue weighted by Crippen LogP contribution is 2.37. The zero-order chi connectivity index (χ0) is 14.2. The molecule has 2 heterocycles. The normalized spacial score (nSPS) is 21.7. The number of nitrogens with zero attached hydrogens (tertiary/aromatic N) is 1. The lowest BCUT2D eigenvalue weighted by Crippen LogP contribution is -2.54. The molecule has 2 N–H and O–H groups in total. The first-order chi connectivity index (χ1) is 9.63. The molecule has 1 amide bonds. The number of nitrogens with one attached hydrogen (secondary N) is 1. The van der Waals surface area contributed by atoms with Gasteiger partial charge < -0.3 is 19.7 Å². The van der Waals surface area contributed by atoms with Crippen molar-refractivity contribution in [3.05, 3.63) is 22.4 Å². The van der Waals surface area contributed by atoms with Crippen LogP contribution in [0.25, 0.3) is 0 Å². The van der Waals surface area contributed by atoms with Crippen molar-refractivity contribution in [3.63, 3.8) is 0 Å². The van der Waals surface area contributed by atoms with Gasteiger partial charge in [-0.3, -0.25) is 4.79 Å². The van der Waals surface area contributed by atoms with Gasteiger partial charge in [-0.1, -0.05) is 0 Å². The molecule has 1 aromatic rings. The first-order valence-corrected chi connectivity index (χ1v) is 7.81. The Kier molecular flexibility index (Phi) is 3.88. The van der Waals surface area contributed by atoms with Gasteiger partial charge in [0.25, 0.3) is 5.91 Å². The van der Waals surface area contributed by atoms with Crippen LogP contribution in [-0.2, 0) is 4.74 Å². The van der Waals surface area contributed by atoms with E-state index in [1.807, 2.05) is 16.8 Å². The Bertz CT molecular complexity index is 505. The molecule has 1 aliphatic heterocycles. The van der Waals surface area contributed by atoms with E-state index in [9.17, 15) is 9.90 Å². The Morgan fingerprint density at radius 2 is 2.20 bits per heavy atom. The van der Waals surface area contributed by atoms with Crippen LogP contribution in [0.3, 0.4) is 0 Å². The molecule has 0 radical (unpaired) electrons. The maximum Gasteiger partial charge on any atom is 0.268 e. The van der Waals surface area contributed by atoms with Gasteiger partial charge in [0.15, 0.2) is 0 Å². The van der Waals surface area contributed by atoms with Crippen LogP contribution < -0.4 is 5.32 Å². The zero-order valence-corrected chi connectivity index (χ0v) is 12.9. The summed E-state index contributed by atoms with van der Waals surface area (Å²) in [6.07, 6.45) is 5.52. The van der Waals surface area contributed by atoms with E-state index in [1.54, 1.807) is 0 Å². The van der Waals surface area contributed by atoms with E-state index in [2.05, 4.69) is 21.2 Å². The summed E-state index contributed by atoms with van der Waals surface area (Å²) in [5, 5.41) is 12.7. The van der Waals surface area contributed by atoms with Crippen LogP contribution in [0, 0.1) is 0 Å². The number of carbonyl (C=O) groups excluding carboxylic acids is 1. The highest BCUT2D eigenvalue weighted by Gasteiger charge is 2.35. The van der Waals surface area contributed by atoms with E-state index >= 15 is 0 Å². The van der Waals surface area contributed by atoms with Crippen molar-refractivity contribution in [1.29, 1.82) is 0 Å². The standard InChI is InChI=1S/C14H19BrN2O3/c15-10-7-12(17(8-10)11-1-2-11)13(19)16-14(9-18)3-5-20-6-4-14/h7-8,11,18H,1-6,9H2,(H,16,19). The Balaban J connectivity index is 1.78. The second kappa shape index (κ2) is 5.50. The van der Waals surface area contributed by atoms with Gasteiger partial charge in [0.2, 0.25) is 0 Å². The number of carbonyl (C=O) groups is 1. The predicted octanol–water partition coefficient (Wildman–Crippen LogP) is 1.86. The lowest BCUT2D eigenvalue weighted by Gasteiger charge is -2.36. The van der Waals surface area contributed by atoms with Crippen molar-refractivity contribution < 1.29 is 14.6 Å². The average molecular weight is 343 g/mol. The fourth-order valence-corrected chi connectivity index (χ4v) is 3.11. The maximum absolute atomic E-state index is 12.5. The van der Waals surface area contributed by atoms with Crippen LogP contribution in [0.5, 0.6) is 0 Å². The molecule has 0 spiro atoms. The molecule has 3 rings (SSSR count). The van der Waals surface area contributed by atoms with Gasteiger partial charge in [-0.2, -0.15) is 0 Å². The number of aliphatic hydroxyl groups is 1. The predicted molar refractivity (Wildman–Crippen MR) is 77.7 cm³/mol. The molecular formula is C14H19BrN2O3. The Morgan fingerprint density at radius 3 is 2.80 bits per heavy atom. The fraction of sp³-hybridized carbons (Fsp3) is 0.643. The molecule has 0 aromatic carbocycles. The number of ether oxygens (including phenoxy) is 1. The largest absolute Gasteiger partial charge is 0.394 e. The maximum atomic E-state index is 12.5. The topological polar surface area (TPSA) is 63.5 Å². The highest BCUT2D eigenvalue weighted by molar-refractivity contribution is 9.10. The van der Waals surface area contributed by atoms with Crippen LogP contribution in [0.4, 0.5) is 0 Å². The van der Waals surface area contributed by atoms with Crippen molar-refractivity contribution in [2.45, 2.75) is 37.3 Å². The van der Waals surface area contributed by atoms with E-state index in [0.717, 1.165) is 17.3 Å². The van der Waals surface area contributed by atoms with Gasteiger partial charge >= 0.3 is 0 Å². The number of aromatic nitrogens is 1. The number of halogens is 1. The molecule has 1 saturated heterocycles. The van der Waals surface area contributed by atoms with Crippen molar-refractivity contribution in [1.82, 2.24) is 9.88 Å². The lowest BCUT2D eigenvalue weighted by atomic mass is 9.91. The second-order valence-corrected chi connectivity index (χ2v) is 6.60. The summed E-state index contributed by atoms with van der Waals surface area (Å²) in [6.45, 7) is 1.11. The van der Waals surface area contributed by atoms with Gasteiger partial charge in [-0.05, 0) is 47.7 Å². The van der Waals surface area contributed by atoms with Crippen LogP contribution in [0.1, 0.15) is 42.2 Å². The van der Waals surface area contributed by atoms with Crippen molar-refractivity contribution >= 4 is 21.8 Å². The monoisotopic (exact) mass is 342 g/mol. The van der Waals surface area contributed by atoms with Gasteiger partial charge in [-0.25, -0.2) is 0 Å². The summed E-state index contributed by atoms with van der Waals surface area (Å²) in [5.74, 6) is -0.112. The highest BCUT2D eigenvalue weighted by atomic mass is 79.9. The first kappa shape index (κ1) is 14.1. The quantitative estimate of drug-likeness (QED) is 0.877. The molecule has 0 atom stereocenters. The molecule has 110 valence electrons. The minimum atomic E-state index is -0.541. The summed E-state index contributed by atoms with van der Waals surface area (Å²) >= 11 is 3.43. The van der Waals surface area contributed by atoms with Crippen molar-refractivity contribution in [3.8, 4) is 0 Å². The average Bonchev–Trinajstić information content (AvgIpc) is 3.22. The summed E-state index contributed by atoms with van der Waals surface area (Å²) in [7, 11) is 0. The third-order valence-corrected chi connectivity index (χ3v) is 4.55. The first-order valence-electron chi connectivity index (χ1n) is 7.02. The summed E-state index contributed by atoms with van der Waals surface area (Å²) in [4.78, 5) is 12.5. The number of amides is 1.